The van der Waals surface area contributed by atoms with Crippen LogP contribution in [0.5, 0.6) is 23.0 Å². The summed E-state index contributed by atoms with van der Waals surface area (Å²) in [6, 6.07) is 0. The second-order valence-electron chi connectivity index (χ2n) is 9.90. The van der Waals surface area contributed by atoms with Crippen molar-refractivity contribution in [2.24, 2.45) is 45.9 Å². The van der Waals surface area contributed by atoms with E-state index in [0.717, 1.165) is 12.8 Å². The molecule has 3 aliphatic rings. The summed E-state index contributed by atoms with van der Waals surface area (Å²) in [6.07, 6.45) is 6.29. The highest BCUT2D eigenvalue weighted by Gasteiger charge is 2.52. The Morgan fingerprint density at radius 3 is 1.28 bits per heavy atom. The Morgan fingerprint density at radius 1 is 0.583 bits per heavy atom. The van der Waals surface area contributed by atoms with E-state index in [9.17, 15) is 10.4 Å². The van der Waals surface area contributed by atoms with Crippen LogP contribution in [0.1, 0.15) is 61.7 Å². The minimum absolute atomic E-state index is 0.0532. The largest absolute Gasteiger partial charge is 0.806 e. The molecule has 16 heteroatoms. The zero-order valence-electron chi connectivity index (χ0n) is 19.5. The van der Waals surface area contributed by atoms with E-state index in [4.69, 9.17) is 64.8 Å². The number of hydrogen-bond acceptors (Lipinski definition) is 14. The molecular weight excluding hydrogens is 476 g/mol. The molecule has 0 spiro atoms. The Labute approximate surface area is 205 Å². The lowest BCUT2D eigenvalue weighted by atomic mass is 9.82. The Hall–Kier alpha value is -2.96. The fraction of sp³-hybridized carbons (Fsp3) is 0.600. The number of ether oxygens (including phenoxy) is 4. The minimum atomic E-state index is -2.07. The van der Waals surface area contributed by atoms with Gasteiger partial charge in [-0.2, -0.15) is 0 Å². The average molecular weight is 509 g/mol. The Morgan fingerprint density at radius 2 is 0.917 bits per heavy atom. The number of rotatable bonds is 2. The van der Waals surface area contributed by atoms with Gasteiger partial charge in [0.1, 0.15) is 0 Å². The van der Waals surface area contributed by atoms with Crippen LogP contribution in [0.2, 0.25) is 0 Å². The summed E-state index contributed by atoms with van der Waals surface area (Å²) < 4.78 is 23.6. The summed E-state index contributed by atoms with van der Waals surface area (Å²) in [5, 5.41) is 25.7. The molecule has 2 unspecified atom stereocenters. The average Bonchev–Trinajstić information content (AvgIpc) is 3.16. The van der Waals surface area contributed by atoms with E-state index in [2.05, 4.69) is 0 Å². The van der Waals surface area contributed by atoms with E-state index in [1.165, 1.54) is 12.4 Å². The van der Waals surface area contributed by atoms with Crippen LogP contribution in [0.3, 0.4) is 0 Å². The van der Waals surface area contributed by atoms with Crippen LogP contribution >= 0.6 is 0 Å². The van der Waals surface area contributed by atoms with Crippen molar-refractivity contribution >= 4 is 0 Å². The molecule has 2 aliphatic heterocycles. The van der Waals surface area contributed by atoms with E-state index >= 15 is 0 Å². The van der Waals surface area contributed by atoms with Gasteiger partial charge in [-0.05, 0) is 25.7 Å². The highest BCUT2D eigenvalue weighted by Crippen LogP contribution is 2.50. The number of fused-ring (bicyclic) bond motifs is 2. The number of aromatic nitrogens is 2. The summed E-state index contributed by atoms with van der Waals surface area (Å²) >= 11 is 0. The van der Waals surface area contributed by atoms with Crippen LogP contribution < -0.4 is 64.8 Å². The van der Waals surface area contributed by atoms with Crippen molar-refractivity contribution in [1.82, 2.24) is 9.46 Å². The Kier molecular flexibility index (Phi) is 5.33. The van der Waals surface area contributed by atoms with Gasteiger partial charge in [-0.3, -0.25) is 45.9 Å². The van der Waals surface area contributed by atoms with E-state index in [0.29, 0.717) is 46.5 Å². The molecule has 200 valence electrons. The quantitative estimate of drug-likeness (QED) is 0.204. The van der Waals surface area contributed by atoms with Gasteiger partial charge in [0, 0.05) is 24.2 Å². The predicted octanol–water partition coefficient (Wildman–Crippen LogP) is -1.97. The molecule has 16 nitrogen and oxygen atoms in total. The normalized spacial score (nSPS) is 27.7. The van der Waals surface area contributed by atoms with Crippen molar-refractivity contribution in [3.8, 4) is 23.0 Å². The molecule has 36 heavy (non-hydrogen) atoms. The van der Waals surface area contributed by atoms with Crippen molar-refractivity contribution in [3.05, 3.63) is 34.2 Å². The highest BCUT2D eigenvalue weighted by molar-refractivity contribution is 5.51. The van der Waals surface area contributed by atoms with Gasteiger partial charge < -0.3 is 38.8 Å². The van der Waals surface area contributed by atoms with Gasteiger partial charge in [-0.1, -0.05) is 12.8 Å². The van der Waals surface area contributed by atoms with Gasteiger partial charge in [-0.25, -0.2) is 0 Å². The molecule has 1 fully saturated rings. The maximum absolute atomic E-state index is 12.9. The van der Waals surface area contributed by atoms with Gasteiger partial charge in [0.05, 0.1) is 11.4 Å². The zero-order valence-corrected chi connectivity index (χ0v) is 19.5. The van der Waals surface area contributed by atoms with Crippen molar-refractivity contribution in [2.75, 3.05) is 0 Å². The number of nitrogens with zero attached hydrogens (tertiary/aromatic N) is 2. The fourth-order valence-electron chi connectivity index (χ4n) is 5.04. The maximum atomic E-state index is 12.9. The summed E-state index contributed by atoms with van der Waals surface area (Å²) in [5.41, 5.74) is 47.5. The third kappa shape index (κ3) is 3.70. The number of hydrogen-bond donors (Lipinski definition) is 8. The fourth-order valence-corrected chi connectivity index (χ4v) is 5.04. The van der Waals surface area contributed by atoms with Gasteiger partial charge >= 0.3 is 0 Å². The van der Waals surface area contributed by atoms with Crippen LogP contribution in [0.25, 0.3) is 0 Å². The molecule has 0 amide bonds. The maximum Gasteiger partial charge on any atom is 0.282 e. The summed E-state index contributed by atoms with van der Waals surface area (Å²) in [4.78, 5) is 0. The van der Waals surface area contributed by atoms with Crippen LogP contribution in [-0.4, -0.2) is 32.9 Å². The van der Waals surface area contributed by atoms with E-state index in [-0.39, 0.29) is 34.8 Å². The topological polar surface area (TPSA) is 301 Å². The molecule has 0 aromatic carbocycles. The molecule has 5 rings (SSSR count). The van der Waals surface area contributed by atoms with Crippen molar-refractivity contribution in [3.63, 3.8) is 0 Å². The summed E-state index contributed by atoms with van der Waals surface area (Å²) in [5.74, 6) is -8.45. The molecule has 2 atom stereocenters. The van der Waals surface area contributed by atoms with Crippen molar-refractivity contribution < 1.29 is 18.9 Å². The van der Waals surface area contributed by atoms with Crippen LogP contribution in [0, 0.1) is 10.4 Å². The first-order chi connectivity index (χ1) is 16.6. The van der Waals surface area contributed by atoms with Crippen LogP contribution in [0.15, 0.2) is 12.4 Å². The molecule has 2 aromatic heterocycles. The lowest BCUT2D eigenvalue weighted by molar-refractivity contribution is -0.129. The van der Waals surface area contributed by atoms with Gasteiger partial charge in [-0.15, -0.1) is 0 Å². The molecule has 0 saturated heterocycles. The third-order valence-electron chi connectivity index (χ3n) is 7.17. The Balaban J connectivity index is 1.43. The molecule has 2 aromatic rings. The zero-order chi connectivity index (χ0) is 26.3. The van der Waals surface area contributed by atoms with Gasteiger partial charge in [0.25, 0.3) is 23.4 Å². The van der Waals surface area contributed by atoms with Crippen molar-refractivity contribution in [2.45, 2.75) is 73.8 Å². The third-order valence-corrected chi connectivity index (χ3v) is 7.17. The van der Waals surface area contributed by atoms with E-state index < -0.39 is 23.4 Å². The molecule has 1 saturated carbocycles. The van der Waals surface area contributed by atoms with Crippen molar-refractivity contribution in [1.29, 1.82) is 0 Å². The highest BCUT2D eigenvalue weighted by atomic mass is 16.6. The van der Waals surface area contributed by atoms with Crippen LogP contribution in [-0.2, 0) is 0 Å². The first kappa shape index (κ1) is 24.7. The number of nitrogens with two attached hydrogens (primary N) is 8. The SMILES string of the molecule is NC1(N)Oc2cn([O-])c(C3CCCCC(c4c5c(cn4[O-])OC(N)(N)C(N)(N)O5)CC3)c2OC1(N)N. The minimum Gasteiger partial charge on any atom is -0.806 e. The molecule has 1 aliphatic carbocycles. The van der Waals surface area contributed by atoms with E-state index in [1.54, 1.807) is 0 Å². The monoisotopic (exact) mass is 508 g/mol. The summed E-state index contributed by atoms with van der Waals surface area (Å²) in [7, 11) is 0. The smallest absolute Gasteiger partial charge is 0.282 e. The van der Waals surface area contributed by atoms with Crippen LogP contribution in [0.4, 0.5) is 0 Å². The predicted molar refractivity (Wildman–Crippen MR) is 127 cm³/mol. The van der Waals surface area contributed by atoms with E-state index in [1.807, 2.05) is 0 Å². The molecule has 0 radical (unpaired) electrons. The summed E-state index contributed by atoms with van der Waals surface area (Å²) in [6.45, 7) is 0. The first-order valence-corrected chi connectivity index (χ1v) is 11.6. The second-order valence-corrected chi connectivity index (χ2v) is 9.90. The second kappa shape index (κ2) is 7.77. The van der Waals surface area contributed by atoms with Gasteiger partial charge in [0.2, 0.25) is 0 Å². The molecule has 16 N–H and O–H groups in total. The molecule has 4 heterocycles. The molecule has 0 bridgehead atoms. The lowest BCUT2D eigenvalue weighted by Crippen LogP contribution is -2.82. The van der Waals surface area contributed by atoms with Gasteiger partial charge in [0.15, 0.2) is 23.0 Å². The standard InChI is InChI=1S/C20H32N10O6/c21-17(22)19(25,26)35-15-11(33-17)7-29(31)13(15)9-3-1-2-4-10(6-5-9)14-16-12(8-30(14)32)34-18(23,24)20(27,28)36-16/h7-10H,1-6,21-28H2/q-2. The molecular formula is C20H32N10O6-2. The lowest BCUT2D eigenvalue weighted by Gasteiger charge is -2.43. The first-order valence-electron chi connectivity index (χ1n) is 11.6. The Bertz CT molecular complexity index is 1080.